The van der Waals surface area contributed by atoms with Crippen molar-refractivity contribution >= 4 is 17.3 Å². The molecule has 0 saturated heterocycles. The lowest BCUT2D eigenvalue weighted by molar-refractivity contribution is -0.383. The lowest BCUT2D eigenvalue weighted by atomic mass is 10.0. The zero-order valence-electron chi connectivity index (χ0n) is 13.4. The lowest BCUT2D eigenvalue weighted by Gasteiger charge is -2.26. The molecule has 3 aromatic rings. The second-order valence-corrected chi connectivity index (χ2v) is 5.80. The van der Waals surface area contributed by atoms with E-state index in [0.29, 0.717) is 24.4 Å². The molecule has 0 bridgehead atoms. The summed E-state index contributed by atoms with van der Waals surface area (Å²) in [6.45, 7) is 0.761. The van der Waals surface area contributed by atoms with E-state index in [4.69, 9.17) is 10.3 Å². The highest BCUT2D eigenvalue weighted by Crippen LogP contribution is 2.35. The Bertz CT molecular complexity index is 988. The molecule has 2 aromatic heterocycles. The number of aromatic nitrogens is 3. The fourth-order valence-corrected chi connectivity index (χ4v) is 3.03. The van der Waals surface area contributed by atoms with E-state index in [1.165, 1.54) is 18.5 Å². The second-order valence-electron chi connectivity index (χ2n) is 5.80. The molecular weight excluding hydrogens is 343 g/mol. The van der Waals surface area contributed by atoms with Gasteiger partial charge in [0.05, 0.1) is 11.5 Å². The number of rotatable bonds is 3. The fourth-order valence-electron chi connectivity index (χ4n) is 3.03. The van der Waals surface area contributed by atoms with Crippen LogP contribution in [0.2, 0.25) is 0 Å². The Kier molecular flexibility index (Phi) is 3.72. The number of nitro groups is 1. The number of anilines is 2. The third-order valence-corrected chi connectivity index (χ3v) is 4.26. The third-order valence-electron chi connectivity index (χ3n) is 4.26. The van der Waals surface area contributed by atoms with Crippen molar-refractivity contribution in [1.82, 2.24) is 15.1 Å². The molecule has 3 heterocycles. The first-order chi connectivity index (χ1) is 12.5. The van der Waals surface area contributed by atoms with Gasteiger partial charge in [-0.05, 0) is 30.7 Å². The number of nitrogen functional groups attached to an aromatic ring is 1. The van der Waals surface area contributed by atoms with E-state index in [9.17, 15) is 14.5 Å². The van der Waals surface area contributed by atoms with Gasteiger partial charge in [0.2, 0.25) is 11.6 Å². The number of benzene rings is 1. The molecule has 1 aliphatic heterocycles. The molecule has 0 amide bonds. The van der Waals surface area contributed by atoms with Gasteiger partial charge in [0.1, 0.15) is 17.8 Å². The minimum Gasteiger partial charge on any atom is -0.378 e. The third kappa shape index (κ3) is 2.61. The van der Waals surface area contributed by atoms with Crippen LogP contribution in [0.1, 0.15) is 11.3 Å². The molecule has 0 aliphatic carbocycles. The van der Waals surface area contributed by atoms with Gasteiger partial charge < -0.3 is 15.2 Å². The summed E-state index contributed by atoms with van der Waals surface area (Å²) in [6.07, 6.45) is 1.74. The van der Waals surface area contributed by atoms with Crippen LogP contribution in [0.5, 0.6) is 0 Å². The summed E-state index contributed by atoms with van der Waals surface area (Å²) in [5.74, 6) is 0.218. The molecule has 26 heavy (non-hydrogen) atoms. The average molecular weight is 356 g/mol. The Morgan fingerprint density at radius 2 is 2.04 bits per heavy atom. The average Bonchev–Trinajstić information content (AvgIpc) is 3.05. The van der Waals surface area contributed by atoms with Gasteiger partial charge in [-0.15, -0.1) is 0 Å². The predicted molar refractivity (Wildman–Crippen MR) is 89.7 cm³/mol. The van der Waals surface area contributed by atoms with Gasteiger partial charge >= 0.3 is 5.69 Å². The summed E-state index contributed by atoms with van der Waals surface area (Å²) in [5.41, 5.74) is 7.59. The molecule has 9 nitrogen and oxygen atoms in total. The van der Waals surface area contributed by atoms with Crippen molar-refractivity contribution in [2.75, 3.05) is 17.2 Å². The van der Waals surface area contributed by atoms with Gasteiger partial charge in [0.25, 0.3) is 0 Å². The van der Waals surface area contributed by atoms with Gasteiger partial charge in [-0.2, -0.15) is 0 Å². The standard InChI is InChI=1S/C16H13FN6O3/c17-10-3-1-9(2-4-10)14-11-5-6-22(7-12(11)21-26-14)16-13(23(24)25)15(18)19-8-20-16/h1-4,8H,5-7H2,(H2,18,19,20). The highest BCUT2D eigenvalue weighted by molar-refractivity contribution is 5.69. The van der Waals surface area contributed by atoms with Crippen molar-refractivity contribution in [3.8, 4) is 11.3 Å². The molecule has 132 valence electrons. The first-order valence-corrected chi connectivity index (χ1v) is 7.77. The van der Waals surface area contributed by atoms with Gasteiger partial charge in [-0.1, -0.05) is 5.16 Å². The molecule has 0 saturated carbocycles. The fraction of sp³-hybridized carbons (Fsp3) is 0.188. The Morgan fingerprint density at radius 1 is 1.27 bits per heavy atom. The molecule has 4 rings (SSSR count). The van der Waals surface area contributed by atoms with Crippen LogP contribution in [0.4, 0.5) is 21.7 Å². The molecule has 0 fully saturated rings. The molecule has 0 spiro atoms. The van der Waals surface area contributed by atoms with E-state index >= 15 is 0 Å². The van der Waals surface area contributed by atoms with Gasteiger partial charge in [0.15, 0.2) is 5.76 Å². The van der Waals surface area contributed by atoms with E-state index < -0.39 is 4.92 Å². The normalized spacial score (nSPS) is 13.5. The van der Waals surface area contributed by atoms with Crippen LogP contribution < -0.4 is 10.6 Å². The summed E-state index contributed by atoms with van der Waals surface area (Å²) in [4.78, 5) is 20.1. The van der Waals surface area contributed by atoms with Crippen LogP contribution in [0.15, 0.2) is 35.1 Å². The second kappa shape index (κ2) is 6.06. The highest BCUT2D eigenvalue weighted by atomic mass is 19.1. The number of hydrogen-bond acceptors (Lipinski definition) is 8. The minimum absolute atomic E-state index is 0.152. The lowest BCUT2D eigenvalue weighted by Crippen LogP contribution is -2.31. The first-order valence-electron chi connectivity index (χ1n) is 7.77. The van der Waals surface area contributed by atoms with E-state index in [1.807, 2.05) is 0 Å². The van der Waals surface area contributed by atoms with Crippen LogP contribution in [-0.2, 0) is 13.0 Å². The number of fused-ring (bicyclic) bond motifs is 1. The van der Waals surface area contributed by atoms with Crippen molar-refractivity contribution in [2.45, 2.75) is 13.0 Å². The van der Waals surface area contributed by atoms with Crippen molar-refractivity contribution < 1.29 is 13.8 Å². The maximum atomic E-state index is 13.1. The molecule has 2 N–H and O–H groups in total. The molecule has 0 radical (unpaired) electrons. The number of hydrogen-bond donors (Lipinski definition) is 1. The summed E-state index contributed by atoms with van der Waals surface area (Å²) in [7, 11) is 0. The largest absolute Gasteiger partial charge is 0.378 e. The van der Waals surface area contributed by atoms with Gasteiger partial charge in [-0.3, -0.25) is 10.1 Å². The highest BCUT2D eigenvalue weighted by Gasteiger charge is 2.31. The summed E-state index contributed by atoms with van der Waals surface area (Å²) in [5, 5.41) is 15.4. The zero-order valence-corrected chi connectivity index (χ0v) is 13.4. The summed E-state index contributed by atoms with van der Waals surface area (Å²) < 4.78 is 18.6. The zero-order chi connectivity index (χ0) is 18.3. The molecular formula is C16H13FN6O3. The van der Waals surface area contributed by atoms with Gasteiger partial charge in [-0.25, -0.2) is 14.4 Å². The van der Waals surface area contributed by atoms with Crippen molar-refractivity contribution in [1.29, 1.82) is 0 Å². The first kappa shape index (κ1) is 15.9. The molecule has 1 aromatic carbocycles. The minimum atomic E-state index is -0.590. The number of nitrogens with two attached hydrogens (primary N) is 1. The Morgan fingerprint density at radius 3 is 2.77 bits per heavy atom. The molecule has 0 atom stereocenters. The number of nitrogens with zero attached hydrogens (tertiary/aromatic N) is 5. The Labute approximate surface area is 146 Å². The quantitative estimate of drug-likeness (QED) is 0.560. The summed E-state index contributed by atoms with van der Waals surface area (Å²) in [6, 6.07) is 5.95. The summed E-state index contributed by atoms with van der Waals surface area (Å²) >= 11 is 0. The SMILES string of the molecule is Nc1ncnc(N2CCc3c(noc3-c3ccc(F)cc3)C2)c1[N+](=O)[O-]. The van der Waals surface area contributed by atoms with E-state index in [-0.39, 0.29) is 29.7 Å². The van der Waals surface area contributed by atoms with Crippen LogP contribution in [-0.4, -0.2) is 26.6 Å². The van der Waals surface area contributed by atoms with Crippen molar-refractivity contribution in [2.24, 2.45) is 0 Å². The topological polar surface area (TPSA) is 124 Å². The van der Waals surface area contributed by atoms with Crippen LogP contribution >= 0.6 is 0 Å². The Hall–Kier alpha value is -3.56. The maximum Gasteiger partial charge on any atom is 0.353 e. The van der Waals surface area contributed by atoms with E-state index in [2.05, 4.69) is 15.1 Å². The smallest absolute Gasteiger partial charge is 0.353 e. The van der Waals surface area contributed by atoms with Crippen LogP contribution in [0, 0.1) is 15.9 Å². The molecule has 1 aliphatic rings. The predicted octanol–water partition coefficient (Wildman–Crippen LogP) is 2.32. The number of halogens is 1. The van der Waals surface area contributed by atoms with E-state index in [1.54, 1.807) is 17.0 Å². The van der Waals surface area contributed by atoms with Gasteiger partial charge in [0, 0.05) is 17.7 Å². The van der Waals surface area contributed by atoms with E-state index in [0.717, 1.165) is 11.1 Å². The van der Waals surface area contributed by atoms with Crippen LogP contribution in [0.25, 0.3) is 11.3 Å². The monoisotopic (exact) mass is 356 g/mol. The van der Waals surface area contributed by atoms with Crippen molar-refractivity contribution in [3.05, 3.63) is 57.8 Å². The molecule has 10 heteroatoms. The maximum absolute atomic E-state index is 13.1. The molecule has 0 unspecified atom stereocenters. The van der Waals surface area contributed by atoms with Crippen molar-refractivity contribution in [3.63, 3.8) is 0 Å². The van der Waals surface area contributed by atoms with Crippen LogP contribution in [0.3, 0.4) is 0 Å². The Balaban J connectivity index is 1.67.